The molecule has 0 saturated carbocycles. The number of sulfonamides is 1. The van der Waals surface area contributed by atoms with Gasteiger partial charge in [-0.05, 0) is 44.7 Å². The van der Waals surface area contributed by atoms with Gasteiger partial charge in [0.1, 0.15) is 0 Å². The first kappa shape index (κ1) is 20.7. The van der Waals surface area contributed by atoms with E-state index in [0.29, 0.717) is 30.8 Å². The number of amides is 1. The third-order valence-electron chi connectivity index (χ3n) is 5.64. The predicted molar refractivity (Wildman–Crippen MR) is 110 cm³/mol. The molecule has 1 spiro atoms. The summed E-state index contributed by atoms with van der Waals surface area (Å²) in [5, 5.41) is 0. The topological polar surface area (TPSA) is 57.7 Å². The number of thioether (sulfide) groups is 1. The lowest BCUT2D eigenvalue weighted by molar-refractivity contribution is -0.137. The van der Waals surface area contributed by atoms with Gasteiger partial charge in [0.15, 0.2) is 0 Å². The zero-order valence-corrected chi connectivity index (χ0v) is 18.5. The van der Waals surface area contributed by atoms with Crippen molar-refractivity contribution in [3.05, 3.63) is 28.8 Å². The maximum Gasteiger partial charge on any atom is 0.243 e. The maximum absolute atomic E-state index is 13.3. The van der Waals surface area contributed by atoms with Crippen molar-refractivity contribution in [3.8, 4) is 0 Å². The number of hydrogen-bond acceptors (Lipinski definition) is 4. The summed E-state index contributed by atoms with van der Waals surface area (Å²) in [6.07, 6.45) is 1.39. The van der Waals surface area contributed by atoms with Gasteiger partial charge in [0.25, 0.3) is 0 Å². The van der Waals surface area contributed by atoms with Crippen molar-refractivity contribution in [2.45, 2.75) is 57.2 Å². The van der Waals surface area contributed by atoms with Crippen LogP contribution in [0.15, 0.2) is 17.0 Å². The Morgan fingerprint density at radius 2 is 1.63 bits per heavy atom. The van der Waals surface area contributed by atoms with Crippen molar-refractivity contribution in [2.24, 2.45) is 5.92 Å². The largest absolute Gasteiger partial charge is 0.327 e. The fourth-order valence-corrected chi connectivity index (χ4v) is 7.74. The van der Waals surface area contributed by atoms with Crippen LogP contribution in [0.25, 0.3) is 0 Å². The van der Waals surface area contributed by atoms with E-state index in [1.165, 1.54) is 0 Å². The molecule has 0 aromatic heterocycles. The minimum absolute atomic E-state index is 0.0276. The Morgan fingerprint density at radius 3 is 2.15 bits per heavy atom. The monoisotopic (exact) mass is 410 g/mol. The number of carbonyl (C=O) groups is 1. The highest BCUT2D eigenvalue weighted by atomic mass is 32.2. The highest BCUT2D eigenvalue weighted by molar-refractivity contribution is 8.00. The maximum atomic E-state index is 13.3. The number of piperidine rings is 1. The molecular formula is C20H30N2O3S2. The van der Waals surface area contributed by atoms with Crippen molar-refractivity contribution in [3.63, 3.8) is 0 Å². The molecule has 2 fully saturated rings. The van der Waals surface area contributed by atoms with E-state index in [9.17, 15) is 13.2 Å². The summed E-state index contributed by atoms with van der Waals surface area (Å²) < 4.78 is 28.2. The van der Waals surface area contributed by atoms with Crippen LogP contribution in [-0.4, -0.2) is 53.8 Å². The van der Waals surface area contributed by atoms with Crippen LogP contribution in [0.3, 0.4) is 0 Å². The third kappa shape index (κ3) is 3.66. The molecule has 2 saturated heterocycles. The molecule has 0 radical (unpaired) electrons. The van der Waals surface area contributed by atoms with Crippen LogP contribution in [-0.2, 0) is 14.8 Å². The Hall–Kier alpha value is -1.05. The second kappa shape index (κ2) is 7.41. The Morgan fingerprint density at radius 1 is 1.07 bits per heavy atom. The lowest BCUT2D eigenvalue weighted by Gasteiger charge is -2.44. The fraction of sp³-hybridized carbons (Fsp3) is 0.650. The first-order chi connectivity index (χ1) is 12.6. The minimum Gasteiger partial charge on any atom is -0.327 e. The van der Waals surface area contributed by atoms with Crippen LogP contribution in [0.4, 0.5) is 0 Å². The summed E-state index contributed by atoms with van der Waals surface area (Å²) in [6, 6.07) is 3.86. The van der Waals surface area contributed by atoms with Gasteiger partial charge in [-0.2, -0.15) is 4.31 Å². The molecule has 2 heterocycles. The molecule has 0 bridgehead atoms. The molecule has 1 aromatic rings. The summed E-state index contributed by atoms with van der Waals surface area (Å²) in [5.41, 5.74) is 2.69. The Balaban J connectivity index is 1.82. The quantitative estimate of drug-likeness (QED) is 0.767. The smallest absolute Gasteiger partial charge is 0.243 e. The van der Waals surface area contributed by atoms with E-state index in [-0.39, 0.29) is 16.7 Å². The molecule has 7 heteroatoms. The lowest BCUT2D eigenvalue weighted by Crippen LogP contribution is -2.54. The number of rotatable bonds is 3. The van der Waals surface area contributed by atoms with E-state index < -0.39 is 10.0 Å². The van der Waals surface area contributed by atoms with Gasteiger partial charge in [0.05, 0.1) is 9.77 Å². The van der Waals surface area contributed by atoms with Gasteiger partial charge in [-0.1, -0.05) is 31.5 Å². The zero-order valence-electron chi connectivity index (χ0n) is 16.9. The van der Waals surface area contributed by atoms with Crippen LogP contribution < -0.4 is 0 Å². The Kier molecular flexibility index (Phi) is 5.67. The minimum atomic E-state index is -3.52. The molecule has 0 aliphatic carbocycles. The Bertz CT molecular complexity index is 818. The van der Waals surface area contributed by atoms with Gasteiger partial charge in [0, 0.05) is 31.3 Å². The van der Waals surface area contributed by atoms with Gasteiger partial charge in [-0.25, -0.2) is 8.42 Å². The number of hydrogen-bond donors (Lipinski definition) is 0. The summed E-state index contributed by atoms with van der Waals surface area (Å²) in [5.74, 6) is 1.09. The standard InChI is InChI=1S/C20H30N2O3S2/c1-14(2)19(23)22-10-11-26-20(22)6-8-21(9-7-20)27(24,25)18-16(4)12-15(3)13-17(18)5/h12-14H,6-11H2,1-5H3. The molecule has 150 valence electrons. The summed E-state index contributed by atoms with van der Waals surface area (Å²) >= 11 is 1.82. The van der Waals surface area contributed by atoms with Crippen LogP contribution >= 0.6 is 11.8 Å². The average Bonchev–Trinajstić information content (AvgIpc) is 2.96. The highest BCUT2D eigenvalue weighted by Crippen LogP contribution is 2.45. The predicted octanol–water partition coefficient (Wildman–Crippen LogP) is 3.32. The molecule has 3 rings (SSSR count). The van der Waals surface area contributed by atoms with Crippen molar-refractivity contribution in [1.82, 2.24) is 9.21 Å². The first-order valence-corrected chi connectivity index (χ1v) is 12.0. The SMILES string of the molecule is Cc1cc(C)c(S(=O)(=O)N2CCC3(CC2)SCCN3C(=O)C(C)C)c(C)c1. The number of benzene rings is 1. The summed E-state index contributed by atoms with van der Waals surface area (Å²) in [6.45, 7) is 11.3. The van der Waals surface area contributed by atoms with E-state index in [0.717, 1.165) is 29.0 Å². The molecule has 1 aromatic carbocycles. The van der Waals surface area contributed by atoms with E-state index >= 15 is 0 Å². The molecule has 5 nitrogen and oxygen atoms in total. The zero-order chi connectivity index (χ0) is 20.0. The normalized spacial score (nSPS) is 20.6. The van der Waals surface area contributed by atoms with E-state index in [2.05, 4.69) is 0 Å². The molecule has 0 atom stereocenters. The average molecular weight is 411 g/mol. The van der Waals surface area contributed by atoms with E-state index in [1.807, 2.05) is 63.4 Å². The molecule has 0 N–H and O–H groups in total. The number of carbonyl (C=O) groups excluding carboxylic acids is 1. The molecule has 2 aliphatic heterocycles. The van der Waals surface area contributed by atoms with Crippen molar-refractivity contribution >= 4 is 27.7 Å². The molecular weight excluding hydrogens is 380 g/mol. The van der Waals surface area contributed by atoms with Gasteiger partial charge >= 0.3 is 0 Å². The lowest BCUT2D eigenvalue weighted by atomic mass is 10.0. The fourth-order valence-electron chi connectivity index (χ4n) is 4.42. The van der Waals surface area contributed by atoms with Crippen LogP contribution in [0.1, 0.15) is 43.4 Å². The van der Waals surface area contributed by atoms with Crippen LogP contribution in [0, 0.1) is 26.7 Å². The van der Waals surface area contributed by atoms with Crippen molar-refractivity contribution in [1.29, 1.82) is 0 Å². The highest BCUT2D eigenvalue weighted by Gasteiger charge is 2.48. The molecule has 27 heavy (non-hydrogen) atoms. The van der Waals surface area contributed by atoms with Gasteiger partial charge in [0.2, 0.25) is 15.9 Å². The van der Waals surface area contributed by atoms with Gasteiger partial charge in [-0.15, -0.1) is 11.8 Å². The van der Waals surface area contributed by atoms with Gasteiger partial charge < -0.3 is 4.90 Å². The van der Waals surface area contributed by atoms with Crippen LogP contribution in [0.5, 0.6) is 0 Å². The second-order valence-electron chi connectivity index (χ2n) is 8.07. The Labute approximate surface area is 167 Å². The summed E-state index contributed by atoms with van der Waals surface area (Å²) in [7, 11) is -3.52. The van der Waals surface area contributed by atoms with Gasteiger partial charge in [-0.3, -0.25) is 4.79 Å². The molecule has 2 aliphatic rings. The summed E-state index contributed by atoms with van der Waals surface area (Å²) in [4.78, 5) is 14.8. The van der Waals surface area contributed by atoms with E-state index in [4.69, 9.17) is 0 Å². The second-order valence-corrected chi connectivity index (χ2v) is 11.4. The van der Waals surface area contributed by atoms with E-state index in [1.54, 1.807) is 4.31 Å². The first-order valence-electron chi connectivity index (χ1n) is 9.62. The van der Waals surface area contributed by atoms with Crippen LogP contribution in [0.2, 0.25) is 0 Å². The number of aryl methyl sites for hydroxylation is 3. The third-order valence-corrected chi connectivity index (χ3v) is 9.40. The van der Waals surface area contributed by atoms with Crippen molar-refractivity contribution < 1.29 is 13.2 Å². The molecule has 1 amide bonds. The number of nitrogens with zero attached hydrogens (tertiary/aromatic N) is 2. The van der Waals surface area contributed by atoms with Crippen molar-refractivity contribution in [2.75, 3.05) is 25.4 Å². The molecule has 0 unspecified atom stereocenters.